The summed E-state index contributed by atoms with van der Waals surface area (Å²) in [5.41, 5.74) is 0.737. The Balaban J connectivity index is 2.13. The first kappa shape index (κ1) is 13.2. The molecular formula is C14H11BrN2S. The Morgan fingerprint density at radius 1 is 1.17 bits per heavy atom. The van der Waals surface area contributed by atoms with Gasteiger partial charge in [-0.3, -0.25) is 0 Å². The number of nitrogens with zero attached hydrogens (tertiary/aromatic N) is 2. The molecule has 18 heavy (non-hydrogen) atoms. The average Bonchev–Trinajstić information content (AvgIpc) is 2.41. The summed E-state index contributed by atoms with van der Waals surface area (Å²) < 4.78 is 1.05. The van der Waals surface area contributed by atoms with Crippen molar-refractivity contribution in [1.29, 1.82) is 10.5 Å². The zero-order valence-electron chi connectivity index (χ0n) is 9.64. The molecule has 0 spiro atoms. The van der Waals surface area contributed by atoms with Gasteiger partial charge in [-0.05, 0) is 37.1 Å². The standard InChI is InChI=1S/C14H11BrN2S/c15-12-2-4-13(5-3-12)18-14-6-1-10(8-16)7-11(14)9-17/h2-5,7,10,14H,1,6H2. The van der Waals surface area contributed by atoms with Crippen molar-refractivity contribution in [3.05, 3.63) is 40.4 Å². The molecule has 0 aliphatic heterocycles. The Morgan fingerprint density at radius 3 is 2.50 bits per heavy atom. The molecule has 0 saturated heterocycles. The Hall–Kier alpha value is -1.23. The van der Waals surface area contributed by atoms with Crippen molar-refractivity contribution >= 4 is 27.7 Å². The Kier molecular flexibility index (Phi) is 4.47. The third kappa shape index (κ3) is 3.16. The molecule has 2 atom stereocenters. The summed E-state index contributed by atoms with van der Waals surface area (Å²) in [5.74, 6) is -0.0959. The molecule has 1 aliphatic carbocycles. The molecule has 1 aromatic rings. The summed E-state index contributed by atoms with van der Waals surface area (Å²) in [6.07, 6.45) is 3.55. The van der Waals surface area contributed by atoms with Gasteiger partial charge >= 0.3 is 0 Å². The van der Waals surface area contributed by atoms with Gasteiger partial charge in [0.25, 0.3) is 0 Å². The zero-order valence-corrected chi connectivity index (χ0v) is 12.0. The van der Waals surface area contributed by atoms with Crippen molar-refractivity contribution in [2.75, 3.05) is 0 Å². The molecule has 2 nitrogen and oxygen atoms in total. The SMILES string of the molecule is N#CC1=CC(C#N)CCC1Sc1ccc(Br)cc1. The van der Waals surface area contributed by atoms with Crippen molar-refractivity contribution in [3.63, 3.8) is 0 Å². The Labute approximate surface area is 119 Å². The minimum atomic E-state index is -0.0959. The smallest absolute Gasteiger partial charge is 0.0956 e. The average molecular weight is 319 g/mol. The van der Waals surface area contributed by atoms with Crippen LogP contribution in [0.3, 0.4) is 0 Å². The van der Waals surface area contributed by atoms with Gasteiger partial charge in [-0.1, -0.05) is 22.0 Å². The molecule has 0 fully saturated rings. The number of allylic oxidation sites excluding steroid dienone is 1. The summed E-state index contributed by atoms with van der Waals surface area (Å²) >= 11 is 5.10. The van der Waals surface area contributed by atoms with Gasteiger partial charge in [0.15, 0.2) is 0 Å². The maximum atomic E-state index is 9.15. The number of halogens is 1. The molecule has 0 amide bonds. The quantitative estimate of drug-likeness (QED) is 0.817. The number of thioether (sulfide) groups is 1. The van der Waals surface area contributed by atoms with Crippen LogP contribution in [0, 0.1) is 28.6 Å². The summed E-state index contributed by atoms with van der Waals surface area (Å²) in [5, 5.41) is 18.2. The van der Waals surface area contributed by atoms with E-state index >= 15 is 0 Å². The van der Waals surface area contributed by atoms with Crippen LogP contribution in [0.2, 0.25) is 0 Å². The summed E-state index contributed by atoms with van der Waals surface area (Å²) in [4.78, 5) is 1.15. The molecule has 0 bridgehead atoms. The third-order valence-electron chi connectivity index (χ3n) is 2.85. The highest BCUT2D eigenvalue weighted by molar-refractivity contribution is 9.10. The third-order valence-corrected chi connectivity index (χ3v) is 4.70. The molecule has 0 saturated carbocycles. The highest BCUT2D eigenvalue weighted by atomic mass is 79.9. The van der Waals surface area contributed by atoms with Crippen molar-refractivity contribution in [1.82, 2.24) is 0 Å². The van der Waals surface area contributed by atoms with E-state index in [0.717, 1.165) is 27.8 Å². The minimum absolute atomic E-state index is 0.0959. The van der Waals surface area contributed by atoms with Crippen molar-refractivity contribution in [2.24, 2.45) is 5.92 Å². The first-order valence-corrected chi connectivity index (χ1v) is 7.34. The van der Waals surface area contributed by atoms with Gasteiger partial charge < -0.3 is 0 Å². The number of hydrogen-bond donors (Lipinski definition) is 0. The van der Waals surface area contributed by atoms with Crippen LogP contribution in [0.5, 0.6) is 0 Å². The molecule has 0 heterocycles. The summed E-state index contributed by atoms with van der Waals surface area (Å²) in [7, 11) is 0. The lowest BCUT2D eigenvalue weighted by atomic mass is 9.92. The lowest BCUT2D eigenvalue weighted by molar-refractivity contribution is 0.636. The van der Waals surface area contributed by atoms with E-state index in [2.05, 4.69) is 28.1 Å². The molecule has 2 unspecified atom stereocenters. The lowest BCUT2D eigenvalue weighted by Gasteiger charge is -2.21. The summed E-state index contributed by atoms with van der Waals surface area (Å²) in [6, 6.07) is 12.5. The molecule has 0 N–H and O–H groups in total. The molecule has 2 rings (SSSR count). The predicted octanol–water partition coefficient (Wildman–Crippen LogP) is 4.29. The van der Waals surface area contributed by atoms with Crippen LogP contribution in [0.25, 0.3) is 0 Å². The number of rotatable bonds is 2. The molecule has 0 radical (unpaired) electrons. The predicted molar refractivity (Wildman–Crippen MR) is 75.8 cm³/mol. The van der Waals surface area contributed by atoms with Crippen molar-refractivity contribution < 1.29 is 0 Å². The van der Waals surface area contributed by atoms with Crippen molar-refractivity contribution in [3.8, 4) is 12.1 Å². The van der Waals surface area contributed by atoms with E-state index in [9.17, 15) is 0 Å². The van der Waals surface area contributed by atoms with Crippen LogP contribution in [0.15, 0.2) is 45.3 Å². The molecule has 4 heteroatoms. The summed E-state index contributed by atoms with van der Waals surface area (Å²) in [6.45, 7) is 0. The number of nitriles is 2. The van der Waals surface area contributed by atoms with E-state index in [1.54, 1.807) is 11.8 Å². The molecule has 0 aromatic heterocycles. The maximum absolute atomic E-state index is 9.15. The largest absolute Gasteiger partial charge is 0.198 e. The number of hydrogen-bond acceptors (Lipinski definition) is 3. The lowest BCUT2D eigenvalue weighted by Crippen LogP contribution is -2.14. The van der Waals surface area contributed by atoms with Crippen LogP contribution in [-0.4, -0.2) is 5.25 Å². The van der Waals surface area contributed by atoms with Gasteiger partial charge in [-0.2, -0.15) is 10.5 Å². The van der Waals surface area contributed by atoms with E-state index in [1.807, 2.05) is 30.3 Å². The second kappa shape index (κ2) is 6.09. The maximum Gasteiger partial charge on any atom is 0.0956 e. The van der Waals surface area contributed by atoms with E-state index < -0.39 is 0 Å². The highest BCUT2D eigenvalue weighted by Gasteiger charge is 2.23. The molecule has 90 valence electrons. The Bertz CT molecular complexity index is 536. The van der Waals surface area contributed by atoms with Crippen LogP contribution in [-0.2, 0) is 0 Å². The first-order valence-electron chi connectivity index (χ1n) is 5.66. The van der Waals surface area contributed by atoms with Crippen molar-refractivity contribution in [2.45, 2.75) is 23.0 Å². The second-order valence-electron chi connectivity index (χ2n) is 4.11. The van der Waals surface area contributed by atoms with Crippen LogP contribution < -0.4 is 0 Å². The fourth-order valence-corrected chi connectivity index (χ4v) is 3.30. The second-order valence-corrected chi connectivity index (χ2v) is 6.30. The fourth-order valence-electron chi connectivity index (χ4n) is 1.90. The van der Waals surface area contributed by atoms with Gasteiger partial charge in [0.2, 0.25) is 0 Å². The van der Waals surface area contributed by atoms with Crippen LogP contribution in [0.1, 0.15) is 12.8 Å². The molecular weight excluding hydrogens is 308 g/mol. The minimum Gasteiger partial charge on any atom is -0.198 e. The van der Waals surface area contributed by atoms with E-state index in [1.165, 1.54) is 0 Å². The monoisotopic (exact) mass is 318 g/mol. The fraction of sp³-hybridized carbons (Fsp3) is 0.286. The van der Waals surface area contributed by atoms with E-state index in [4.69, 9.17) is 10.5 Å². The van der Waals surface area contributed by atoms with E-state index in [0.29, 0.717) is 0 Å². The van der Waals surface area contributed by atoms with Gasteiger partial charge in [-0.15, -0.1) is 11.8 Å². The van der Waals surface area contributed by atoms with Gasteiger partial charge in [0.1, 0.15) is 0 Å². The normalized spacial score (nSPS) is 22.7. The molecule has 1 aromatic carbocycles. The van der Waals surface area contributed by atoms with Crippen LogP contribution in [0.4, 0.5) is 0 Å². The highest BCUT2D eigenvalue weighted by Crippen LogP contribution is 2.36. The van der Waals surface area contributed by atoms with E-state index in [-0.39, 0.29) is 11.2 Å². The topological polar surface area (TPSA) is 47.6 Å². The molecule has 1 aliphatic rings. The van der Waals surface area contributed by atoms with Gasteiger partial charge in [-0.25, -0.2) is 0 Å². The van der Waals surface area contributed by atoms with Crippen LogP contribution >= 0.6 is 27.7 Å². The first-order chi connectivity index (χ1) is 8.72. The van der Waals surface area contributed by atoms with Gasteiger partial charge in [0.05, 0.1) is 18.1 Å². The zero-order chi connectivity index (χ0) is 13.0. The van der Waals surface area contributed by atoms with Gasteiger partial charge in [0, 0.05) is 20.2 Å². The number of benzene rings is 1. The Morgan fingerprint density at radius 2 is 1.89 bits per heavy atom.